The molecule has 1 spiro atoms. The van der Waals surface area contributed by atoms with Crippen molar-refractivity contribution >= 4 is 28.3 Å². The van der Waals surface area contributed by atoms with Crippen molar-refractivity contribution in [3.05, 3.63) is 11.1 Å². The van der Waals surface area contributed by atoms with E-state index >= 15 is 0 Å². The lowest BCUT2D eigenvalue weighted by Gasteiger charge is -2.48. The zero-order valence-electron chi connectivity index (χ0n) is 14.7. The van der Waals surface area contributed by atoms with Gasteiger partial charge in [0.1, 0.15) is 5.69 Å². The highest BCUT2D eigenvalue weighted by molar-refractivity contribution is 7.13. The molecule has 2 amide bonds. The van der Waals surface area contributed by atoms with Crippen molar-refractivity contribution in [2.75, 3.05) is 44.8 Å². The standard InChI is InChI=1S/C17H26N4O3S/c1-24-9-3-8-20-11-17(6-4-14(20)22)5-2-7-21(12-17)16-19-13(10-25-16)15(18)23/h10H,2-9,11-12H2,1H3,(H2,18,23). The second-order valence-corrected chi connectivity index (χ2v) is 7.90. The van der Waals surface area contributed by atoms with Gasteiger partial charge in [0, 0.05) is 57.1 Å². The minimum absolute atomic E-state index is 0.123. The quantitative estimate of drug-likeness (QED) is 0.771. The summed E-state index contributed by atoms with van der Waals surface area (Å²) in [6.07, 6.45) is 4.62. The van der Waals surface area contributed by atoms with Crippen LogP contribution in [0.2, 0.25) is 0 Å². The summed E-state index contributed by atoms with van der Waals surface area (Å²) in [7, 11) is 1.69. The third kappa shape index (κ3) is 4.12. The van der Waals surface area contributed by atoms with Crippen LogP contribution >= 0.6 is 11.3 Å². The van der Waals surface area contributed by atoms with E-state index in [1.165, 1.54) is 11.3 Å². The van der Waals surface area contributed by atoms with E-state index in [9.17, 15) is 9.59 Å². The topological polar surface area (TPSA) is 88.8 Å². The van der Waals surface area contributed by atoms with Gasteiger partial charge in [0.25, 0.3) is 5.91 Å². The fourth-order valence-electron chi connectivity index (χ4n) is 3.93. The third-order valence-corrected chi connectivity index (χ3v) is 6.10. The fourth-order valence-corrected chi connectivity index (χ4v) is 4.77. The molecule has 2 aliphatic heterocycles. The van der Waals surface area contributed by atoms with Gasteiger partial charge in [0.2, 0.25) is 5.91 Å². The van der Waals surface area contributed by atoms with Crippen molar-refractivity contribution in [1.29, 1.82) is 0 Å². The molecule has 1 atom stereocenters. The van der Waals surface area contributed by atoms with Crippen LogP contribution < -0.4 is 10.6 Å². The fraction of sp³-hybridized carbons (Fsp3) is 0.706. The van der Waals surface area contributed by atoms with Gasteiger partial charge in [-0.15, -0.1) is 11.3 Å². The Kier molecular flexibility index (Phi) is 5.58. The lowest BCUT2D eigenvalue weighted by molar-refractivity contribution is -0.138. The van der Waals surface area contributed by atoms with Crippen LogP contribution in [0.25, 0.3) is 0 Å². The Labute approximate surface area is 152 Å². The average Bonchev–Trinajstić information content (AvgIpc) is 3.09. The lowest BCUT2D eigenvalue weighted by Crippen LogP contribution is -2.54. The Morgan fingerprint density at radius 1 is 1.44 bits per heavy atom. The Morgan fingerprint density at radius 3 is 3.00 bits per heavy atom. The summed E-state index contributed by atoms with van der Waals surface area (Å²) < 4.78 is 5.11. The number of aromatic nitrogens is 1. The number of primary amides is 1. The number of carbonyl (C=O) groups is 2. The summed E-state index contributed by atoms with van der Waals surface area (Å²) in [5, 5.41) is 2.58. The minimum atomic E-state index is -0.484. The number of nitrogens with zero attached hydrogens (tertiary/aromatic N) is 3. The van der Waals surface area contributed by atoms with Gasteiger partial charge in [0.05, 0.1) is 0 Å². The van der Waals surface area contributed by atoms with E-state index in [4.69, 9.17) is 10.5 Å². The molecule has 2 saturated heterocycles. The van der Waals surface area contributed by atoms with E-state index in [1.807, 2.05) is 4.90 Å². The highest BCUT2D eigenvalue weighted by atomic mass is 32.1. The first-order valence-electron chi connectivity index (χ1n) is 8.80. The largest absolute Gasteiger partial charge is 0.385 e. The molecule has 25 heavy (non-hydrogen) atoms. The van der Waals surface area contributed by atoms with E-state index in [2.05, 4.69) is 9.88 Å². The van der Waals surface area contributed by atoms with Gasteiger partial charge < -0.3 is 20.3 Å². The van der Waals surface area contributed by atoms with E-state index < -0.39 is 5.91 Å². The number of rotatable bonds is 6. The van der Waals surface area contributed by atoms with Crippen LogP contribution in [0.15, 0.2) is 5.38 Å². The van der Waals surface area contributed by atoms with Crippen LogP contribution in [0.1, 0.15) is 42.6 Å². The molecule has 0 bridgehead atoms. The molecule has 3 rings (SSSR count). The number of hydrogen-bond acceptors (Lipinski definition) is 6. The molecule has 2 fully saturated rings. The minimum Gasteiger partial charge on any atom is -0.385 e. The second-order valence-electron chi connectivity index (χ2n) is 7.07. The van der Waals surface area contributed by atoms with Gasteiger partial charge in [0.15, 0.2) is 5.13 Å². The van der Waals surface area contributed by atoms with E-state index in [0.717, 1.165) is 57.0 Å². The maximum absolute atomic E-state index is 12.3. The second kappa shape index (κ2) is 7.70. The number of piperidine rings is 2. The molecule has 8 heteroatoms. The van der Waals surface area contributed by atoms with E-state index in [1.54, 1.807) is 12.5 Å². The van der Waals surface area contributed by atoms with Gasteiger partial charge in [-0.3, -0.25) is 9.59 Å². The Morgan fingerprint density at radius 2 is 2.28 bits per heavy atom. The lowest BCUT2D eigenvalue weighted by atomic mass is 9.73. The SMILES string of the molecule is COCCCN1CC2(CCCN(c3nc(C(N)=O)cs3)C2)CCC1=O. The molecule has 1 aromatic rings. The highest BCUT2D eigenvalue weighted by Gasteiger charge is 2.42. The summed E-state index contributed by atoms with van der Waals surface area (Å²) in [5.74, 6) is -0.231. The number of thiazole rings is 1. The summed E-state index contributed by atoms with van der Waals surface area (Å²) in [6, 6.07) is 0. The van der Waals surface area contributed by atoms with Gasteiger partial charge in [-0.2, -0.15) is 0 Å². The highest BCUT2D eigenvalue weighted by Crippen LogP contribution is 2.40. The van der Waals surface area contributed by atoms with Crippen molar-refractivity contribution in [2.24, 2.45) is 11.1 Å². The maximum Gasteiger partial charge on any atom is 0.268 e. The summed E-state index contributed by atoms with van der Waals surface area (Å²) >= 11 is 1.47. The Balaban J connectivity index is 1.68. The molecular weight excluding hydrogens is 340 g/mol. The van der Waals surface area contributed by atoms with Crippen molar-refractivity contribution in [2.45, 2.75) is 32.1 Å². The van der Waals surface area contributed by atoms with Crippen LogP contribution in [0.3, 0.4) is 0 Å². The number of likely N-dealkylation sites (tertiary alicyclic amines) is 1. The summed E-state index contributed by atoms with van der Waals surface area (Å²) in [4.78, 5) is 32.2. The third-order valence-electron chi connectivity index (χ3n) is 5.20. The van der Waals surface area contributed by atoms with Gasteiger partial charge >= 0.3 is 0 Å². The predicted octanol–water partition coefficient (Wildman–Crippen LogP) is 1.49. The molecule has 1 unspecified atom stereocenters. The molecule has 1 aromatic heterocycles. The molecule has 0 saturated carbocycles. The van der Waals surface area contributed by atoms with Crippen LogP contribution in [0, 0.1) is 5.41 Å². The van der Waals surface area contributed by atoms with E-state index in [0.29, 0.717) is 18.7 Å². The Hall–Kier alpha value is -1.67. The summed E-state index contributed by atoms with van der Waals surface area (Å²) in [6.45, 7) is 4.06. The average molecular weight is 366 g/mol. The Bertz CT molecular complexity index is 635. The van der Waals surface area contributed by atoms with Crippen molar-refractivity contribution in [3.8, 4) is 0 Å². The van der Waals surface area contributed by atoms with Crippen LogP contribution in [0.4, 0.5) is 5.13 Å². The monoisotopic (exact) mass is 366 g/mol. The van der Waals surface area contributed by atoms with Crippen LogP contribution in [-0.4, -0.2) is 61.6 Å². The van der Waals surface area contributed by atoms with Crippen LogP contribution in [-0.2, 0) is 9.53 Å². The molecule has 7 nitrogen and oxygen atoms in total. The van der Waals surface area contributed by atoms with E-state index in [-0.39, 0.29) is 11.3 Å². The molecular formula is C17H26N4O3S. The molecule has 0 aliphatic carbocycles. The number of ether oxygens (including phenoxy) is 1. The first-order valence-corrected chi connectivity index (χ1v) is 9.68. The van der Waals surface area contributed by atoms with Crippen molar-refractivity contribution in [1.82, 2.24) is 9.88 Å². The molecule has 2 N–H and O–H groups in total. The molecule has 2 aliphatic rings. The first-order chi connectivity index (χ1) is 12.0. The maximum atomic E-state index is 12.3. The number of nitrogens with two attached hydrogens (primary N) is 1. The zero-order valence-corrected chi connectivity index (χ0v) is 15.5. The number of amides is 2. The number of methoxy groups -OCH3 is 1. The van der Waals surface area contributed by atoms with Crippen LogP contribution in [0.5, 0.6) is 0 Å². The van der Waals surface area contributed by atoms with Gasteiger partial charge in [-0.25, -0.2) is 4.98 Å². The normalized spacial score (nSPS) is 24.1. The van der Waals surface area contributed by atoms with Crippen molar-refractivity contribution in [3.63, 3.8) is 0 Å². The number of anilines is 1. The summed E-state index contributed by atoms with van der Waals surface area (Å²) in [5.41, 5.74) is 5.77. The number of hydrogen-bond donors (Lipinski definition) is 1. The molecule has 3 heterocycles. The van der Waals surface area contributed by atoms with Crippen molar-refractivity contribution < 1.29 is 14.3 Å². The smallest absolute Gasteiger partial charge is 0.268 e. The molecule has 0 aromatic carbocycles. The number of carbonyl (C=O) groups excluding carboxylic acids is 2. The zero-order chi connectivity index (χ0) is 17.9. The molecule has 138 valence electrons. The van der Waals surface area contributed by atoms with Gasteiger partial charge in [-0.05, 0) is 25.7 Å². The molecule has 0 radical (unpaired) electrons. The predicted molar refractivity (Wildman–Crippen MR) is 96.8 cm³/mol. The first kappa shape index (κ1) is 18.1. The van der Waals surface area contributed by atoms with Gasteiger partial charge in [-0.1, -0.05) is 0 Å².